The Morgan fingerprint density at radius 1 is 1.12 bits per heavy atom. The van der Waals surface area contributed by atoms with E-state index in [1.165, 1.54) is 24.3 Å². The highest BCUT2D eigenvalue weighted by Crippen LogP contribution is 2.25. The van der Waals surface area contributed by atoms with Crippen molar-refractivity contribution in [3.05, 3.63) is 54.6 Å². The van der Waals surface area contributed by atoms with Crippen LogP contribution < -0.4 is 20.7 Å². The first-order chi connectivity index (χ1) is 15.3. The Balaban J connectivity index is 1.66. The number of nitrogens with one attached hydrogen (secondary N) is 3. The van der Waals surface area contributed by atoms with Crippen molar-refractivity contribution < 1.29 is 23.2 Å². The molecule has 0 radical (unpaired) electrons. The minimum Gasteiger partial charge on any atom is -0.457 e. The van der Waals surface area contributed by atoms with Crippen LogP contribution in [0.1, 0.15) is 19.3 Å². The number of hydrogen-bond acceptors (Lipinski definition) is 6. The molecule has 0 spiro atoms. The Bertz CT molecular complexity index is 1020. The van der Waals surface area contributed by atoms with Gasteiger partial charge in [-0.1, -0.05) is 18.2 Å². The van der Waals surface area contributed by atoms with Crippen LogP contribution in [-0.2, 0) is 14.8 Å². The quantitative estimate of drug-likeness (QED) is 0.173. The van der Waals surface area contributed by atoms with Crippen LogP contribution >= 0.6 is 0 Å². The van der Waals surface area contributed by atoms with E-state index in [9.17, 15) is 13.2 Å². The van der Waals surface area contributed by atoms with E-state index in [-0.39, 0.29) is 23.2 Å². The second kappa shape index (κ2) is 10.4. The summed E-state index contributed by atoms with van der Waals surface area (Å²) in [6.07, 6.45) is 1.52. The van der Waals surface area contributed by atoms with Crippen LogP contribution in [0.5, 0.6) is 11.5 Å². The van der Waals surface area contributed by atoms with Gasteiger partial charge in [0.2, 0.25) is 10.0 Å². The van der Waals surface area contributed by atoms with Crippen LogP contribution in [0.25, 0.3) is 0 Å². The normalized spacial score (nSPS) is 15.7. The monoisotopic (exact) mass is 461 g/mol. The number of para-hydroxylation sites is 1. The van der Waals surface area contributed by atoms with Crippen LogP contribution in [0.3, 0.4) is 0 Å². The molecule has 1 fully saturated rings. The number of carbonyl (C=O) groups excluding carboxylic acids is 1. The number of piperidine rings is 1. The Morgan fingerprint density at radius 2 is 1.72 bits per heavy atom. The Labute approximate surface area is 186 Å². The zero-order valence-corrected chi connectivity index (χ0v) is 18.2. The van der Waals surface area contributed by atoms with E-state index in [0.717, 1.165) is 0 Å². The molecule has 0 aliphatic carbocycles. The lowest BCUT2D eigenvalue weighted by molar-refractivity contribution is -0.131. The van der Waals surface area contributed by atoms with Gasteiger partial charge in [-0.2, -0.15) is 4.72 Å². The number of hydrogen-bond donors (Lipinski definition) is 5. The van der Waals surface area contributed by atoms with Crippen LogP contribution in [0.4, 0.5) is 0 Å². The number of guanidine groups is 1. The Kier molecular flexibility index (Phi) is 7.67. The van der Waals surface area contributed by atoms with Gasteiger partial charge in [-0.15, -0.1) is 0 Å². The van der Waals surface area contributed by atoms with Gasteiger partial charge in [-0.25, -0.2) is 13.9 Å². The largest absolute Gasteiger partial charge is 0.457 e. The summed E-state index contributed by atoms with van der Waals surface area (Å²) in [4.78, 5) is 13.8. The number of nitrogens with two attached hydrogens (primary N) is 1. The number of amides is 1. The molecule has 1 atom stereocenters. The maximum Gasteiger partial charge on any atom is 0.261 e. The SMILES string of the molecule is N=C(N)N1CCC(CC(NS(=O)(=O)c2ccc(Oc3ccccc3)cc2)C(=O)NO)CC1. The molecule has 2 aromatic rings. The lowest BCUT2D eigenvalue weighted by atomic mass is 9.90. The van der Waals surface area contributed by atoms with Gasteiger partial charge in [0, 0.05) is 13.1 Å². The van der Waals surface area contributed by atoms with Crippen LogP contribution in [-0.4, -0.2) is 49.5 Å². The minimum atomic E-state index is -4.02. The molecule has 1 aliphatic rings. The molecule has 1 heterocycles. The van der Waals surface area contributed by atoms with Crippen molar-refractivity contribution in [3.63, 3.8) is 0 Å². The number of nitrogens with zero attached hydrogens (tertiary/aromatic N) is 1. The van der Waals surface area contributed by atoms with Gasteiger partial charge in [0.15, 0.2) is 5.96 Å². The van der Waals surface area contributed by atoms with Crippen LogP contribution in [0, 0.1) is 11.3 Å². The maximum atomic E-state index is 12.8. The average Bonchev–Trinajstić information content (AvgIpc) is 2.79. The van der Waals surface area contributed by atoms with Crippen molar-refractivity contribution in [1.29, 1.82) is 5.41 Å². The summed E-state index contributed by atoms with van der Waals surface area (Å²) in [5.74, 6) is 0.297. The summed E-state index contributed by atoms with van der Waals surface area (Å²) >= 11 is 0. The van der Waals surface area contributed by atoms with Gasteiger partial charge in [0.25, 0.3) is 5.91 Å². The molecule has 0 bridgehead atoms. The molecule has 1 aliphatic heterocycles. The van der Waals surface area contributed by atoms with E-state index in [2.05, 4.69) is 4.72 Å². The van der Waals surface area contributed by atoms with Crippen LogP contribution in [0.2, 0.25) is 0 Å². The van der Waals surface area contributed by atoms with E-state index >= 15 is 0 Å². The first-order valence-corrected chi connectivity index (χ1v) is 11.6. The van der Waals surface area contributed by atoms with Crippen molar-refractivity contribution in [3.8, 4) is 11.5 Å². The molecule has 1 saturated heterocycles. The van der Waals surface area contributed by atoms with Crippen molar-refractivity contribution in [2.24, 2.45) is 11.7 Å². The lowest BCUT2D eigenvalue weighted by Crippen LogP contribution is -2.48. The number of ether oxygens (including phenoxy) is 1. The molecule has 1 amide bonds. The molecular weight excluding hydrogens is 434 g/mol. The average molecular weight is 462 g/mol. The molecule has 0 aromatic heterocycles. The molecule has 3 rings (SSSR count). The second-order valence-corrected chi connectivity index (χ2v) is 9.30. The van der Waals surface area contributed by atoms with Crippen molar-refractivity contribution in [2.45, 2.75) is 30.2 Å². The summed E-state index contributed by atoms with van der Waals surface area (Å²) in [7, 11) is -4.02. The first-order valence-electron chi connectivity index (χ1n) is 10.2. The van der Waals surface area contributed by atoms with E-state index in [0.29, 0.717) is 37.4 Å². The number of carbonyl (C=O) groups is 1. The molecule has 0 saturated carbocycles. The fourth-order valence-electron chi connectivity index (χ4n) is 3.60. The highest BCUT2D eigenvalue weighted by atomic mass is 32.2. The third-order valence-corrected chi connectivity index (χ3v) is 6.85. The summed E-state index contributed by atoms with van der Waals surface area (Å²) in [6.45, 7) is 1.12. The summed E-state index contributed by atoms with van der Waals surface area (Å²) in [5, 5.41) is 16.6. The predicted molar refractivity (Wildman–Crippen MR) is 118 cm³/mol. The molecule has 11 heteroatoms. The predicted octanol–water partition coefficient (Wildman–Crippen LogP) is 1.63. The smallest absolute Gasteiger partial charge is 0.261 e. The van der Waals surface area contributed by atoms with Gasteiger partial charge in [-0.05, 0) is 61.6 Å². The number of benzene rings is 2. The summed E-state index contributed by atoms with van der Waals surface area (Å²) < 4.78 is 33.8. The van der Waals surface area contributed by atoms with E-state index in [1.54, 1.807) is 22.5 Å². The fourth-order valence-corrected chi connectivity index (χ4v) is 4.80. The van der Waals surface area contributed by atoms with Gasteiger partial charge in [0.05, 0.1) is 4.90 Å². The fraction of sp³-hybridized carbons (Fsp3) is 0.333. The molecular formula is C21H27N5O5S. The zero-order valence-electron chi connectivity index (χ0n) is 17.4. The second-order valence-electron chi connectivity index (χ2n) is 7.59. The molecule has 1 unspecified atom stereocenters. The van der Waals surface area contributed by atoms with Crippen molar-refractivity contribution >= 4 is 21.9 Å². The Morgan fingerprint density at radius 3 is 2.28 bits per heavy atom. The zero-order chi connectivity index (χ0) is 23.1. The van der Waals surface area contributed by atoms with Gasteiger partial charge in [0.1, 0.15) is 17.5 Å². The standard InChI is InChI=1S/C21H27N5O5S/c22-21(23)26-12-10-15(11-13-26)14-19(20(27)24-28)25-32(29,30)18-8-6-17(7-9-18)31-16-4-2-1-3-5-16/h1-9,15,19,25,28H,10-14H2,(H3,22,23)(H,24,27). The first kappa shape index (κ1) is 23.5. The number of rotatable bonds is 8. The van der Waals surface area contributed by atoms with Crippen molar-refractivity contribution in [2.75, 3.05) is 13.1 Å². The van der Waals surface area contributed by atoms with Gasteiger partial charge < -0.3 is 15.4 Å². The minimum absolute atomic E-state index is 0.00602. The Hall–Kier alpha value is -3.15. The lowest BCUT2D eigenvalue weighted by Gasteiger charge is -2.33. The number of sulfonamides is 1. The number of likely N-dealkylation sites (tertiary alicyclic amines) is 1. The van der Waals surface area contributed by atoms with Gasteiger partial charge in [-0.3, -0.25) is 15.4 Å². The van der Waals surface area contributed by atoms with Crippen LogP contribution in [0.15, 0.2) is 59.5 Å². The molecule has 10 nitrogen and oxygen atoms in total. The molecule has 2 aromatic carbocycles. The highest BCUT2D eigenvalue weighted by Gasteiger charge is 2.30. The van der Waals surface area contributed by atoms with E-state index < -0.39 is 22.0 Å². The molecule has 32 heavy (non-hydrogen) atoms. The molecule has 6 N–H and O–H groups in total. The van der Waals surface area contributed by atoms with E-state index in [1.807, 2.05) is 18.2 Å². The summed E-state index contributed by atoms with van der Waals surface area (Å²) in [5.41, 5.74) is 7.04. The third-order valence-electron chi connectivity index (χ3n) is 5.36. The topological polar surface area (TPSA) is 158 Å². The summed E-state index contributed by atoms with van der Waals surface area (Å²) in [6, 6.07) is 13.8. The third kappa shape index (κ3) is 6.19. The van der Waals surface area contributed by atoms with Crippen molar-refractivity contribution in [1.82, 2.24) is 15.1 Å². The van der Waals surface area contributed by atoms with E-state index in [4.69, 9.17) is 21.1 Å². The maximum absolute atomic E-state index is 12.8. The number of hydroxylamine groups is 1. The molecule has 172 valence electrons. The van der Waals surface area contributed by atoms with Gasteiger partial charge >= 0.3 is 0 Å². The highest BCUT2D eigenvalue weighted by molar-refractivity contribution is 7.89.